The highest BCUT2D eigenvalue weighted by Crippen LogP contribution is 2.40. The number of aryl methyl sites for hydroxylation is 2. The molecule has 0 bridgehead atoms. The van der Waals surface area contributed by atoms with Crippen molar-refractivity contribution in [2.24, 2.45) is 5.41 Å². The monoisotopic (exact) mass is 582 g/mol. The Kier molecular flexibility index (Phi) is 11.0. The van der Waals surface area contributed by atoms with E-state index < -0.39 is 12.0 Å². The van der Waals surface area contributed by atoms with Crippen LogP contribution < -0.4 is 0 Å². The number of aliphatic carboxylic acids is 1. The van der Waals surface area contributed by atoms with Crippen LogP contribution in [0.1, 0.15) is 104 Å². The van der Waals surface area contributed by atoms with Crippen LogP contribution in [-0.2, 0) is 9.53 Å². The maximum Gasteiger partial charge on any atom is 0.325 e. The van der Waals surface area contributed by atoms with Gasteiger partial charge in [-0.2, -0.15) is 0 Å². The number of hydrogen-bond donors (Lipinski definition) is 1. The van der Waals surface area contributed by atoms with Crippen LogP contribution in [0.4, 0.5) is 0 Å². The second-order valence-corrected chi connectivity index (χ2v) is 13.9. The Morgan fingerprint density at radius 2 is 1.83 bits per heavy atom. The molecule has 1 saturated heterocycles. The summed E-state index contributed by atoms with van der Waals surface area (Å²) in [4.78, 5) is 17.5. The Morgan fingerprint density at radius 1 is 1.10 bits per heavy atom. The Hall–Kier alpha value is -1.92. The van der Waals surface area contributed by atoms with E-state index in [9.17, 15) is 9.90 Å². The minimum atomic E-state index is -0.778. The van der Waals surface area contributed by atoms with E-state index in [1.54, 1.807) is 7.11 Å². The van der Waals surface area contributed by atoms with Crippen molar-refractivity contribution in [3.63, 3.8) is 0 Å². The zero-order chi connectivity index (χ0) is 29.7. The first kappa shape index (κ1) is 32.0. The quantitative estimate of drug-likeness (QED) is 0.275. The number of benzene rings is 2. The molecule has 41 heavy (non-hydrogen) atoms. The van der Waals surface area contributed by atoms with Crippen molar-refractivity contribution in [2.75, 3.05) is 40.3 Å². The molecule has 0 amide bonds. The Labute approximate surface area is 253 Å². The van der Waals surface area contributed by atoms with Crippen LogP contribution in [0.3, 0.4) is 0 Å². The van der Waals surface area contributed by atoms with Crippen LogP contribution in [0.2, 0.25) is 5.02 Å². The van der Waals surface area contributed by atoms with Crippen molar-refractivity contribution < 1.29 is 14.6 Å². The van der Waals surface area contributed by atoms with E-state index in [0.29, 0.717) is 29.9 Å². The Morgan fingerprint density at radius 3 is 2.46 bits per heavy atom. The minimum Gasteiger partial charge on any atom is -0.480 e. The summed E-state index contributed by atoms with van der Waals surface area (Å²) in [5, 5.41) is 11.3. The van der Waals surface area contributed by atoms with E-state index in [2.05, 4.69) is 55.7 Å². The average molecular weight is 583 g/mol. The summed E-state index contributed by atoms with van der Waals surface area (Å²) in [7, 11) is 3.78. The molecule has 4 rings (SSSR count). The van der Waals surface area contributed by atoms with Gasteiger partial charge in [0.05, 0.1) is 6.10 Å². The van der Waals surface area contributed by atoms with E-state index in [4.69, 9.17) is 16.3 Å². The molecule has 0 unspecified atom stereocenters. The van der Waals surface area contributed by atoms with E-state index in [1.165, 1.54) is 28.7 Å². The van der Waals surface area contributed by atoms with Crippen LogP contribution in [0.5, 0.6) is 0 Å². The van der Waals surface area contributed by atoms with Gasteiger partial charge in [0, 0.05) is 18.7 Å². The van der Waals surface area contributed by atoms with E-state index in [1.807, 2.05) is 25.2 Å². The van der Waals surface area contributed by atoms with Crippen LogP contribution in [0, 0.1) is 19.3 Å². The minimum absolute atomic E-state index is 0.315. The lowest BCUT2D eigenvalue weighted by Gasteiger charge is -2.34. The van der Waals surface area contributed by atoms with Crippen molar-refractivity contribution in [3.8, 4) is 0 Å². The van der Waals surface area contributed by atoms with Crippen molar-refractivity contribution in [3.05, 3.63) is 69.2 Å². The number of likely N-dealkylation sites (N-methyl/N-ethyl adjacent to an activating group) is 1. The van der Waals surface area contributed by atoms with Crippen molar-refractivity contribution in [1.29, 1.82) is 0 Å². The van der Waals surface area contributed by atoms with Gasteiger partial charge in [-0.15, -0.1) is 0 Å². The topological polar surface area (TPSA) is 53.0 Å². The maximum absolute atomic E-state index is 12.9. The predicted molar refractivity (Wildman–Crippen MR) is 169 cm³/mol. The van der Waals surface area contributed by atoms with Crippen LogP contribution in [-0.4, -0.2) is 67.3 Å². The fourth-order valence-corrected chi connectivity index (χ4v) is 7.57. The number of likely N-dealkylation sites (tertiary alicyclic amines) is 1. The number of methoxy groups -OCH3 is 1. The summed E-state index contributed by atoms with van der Waals surface area (Å²) in [5.74, 6) is -0.0882. The summed E-state index contributed by atoms with van der Waals surface area (Å²) < 4.78 is 5.62. The predicted octanol–water partition coefficient (Wildman–Crippen LogP) is 7.98. The molecule has 2 aromatic rings. The number of carboxylic acids is 1. The third-order valence-electron chi connectivity index (χ3n) is 9.80. The zero-order valence-corrected chi connectivity index (χ0v) is 26.8. The molecule has 1 N–H and O–H groups in total. The molecule has 2 aromatic carbocycles. The van der Waals surface area contributed by atoms with Crippen LogP contribution in [0.25, 0.3) is 0 Å². The van der Waals surface area contributed by atoms with Gasteiger partial charge in [-0.3, -0.25) is 9.69 Å². The summed E-state index contributed by atoms with van der Waals surface area (Å²) in [6.07, 6.45) is 7.61. The third kappa shape index (κ3) is 8.13. The lowest BCUT2D eigenvalue weighted by molar-refractivity contribution is -0.143. The zero-order valence-electron chi connectivity index (χ0n) is 26.1. The highest BCUT2D eigenvalue weighted by Gasteiger charge is 2.33. The molecule has 1 aliphatic heterocycles. The molecule has 0 aromatic heterocycles. The number of rotatable bonds is 12. The fraction of sp³-hybridized carbons (Fsp3) is 0.629. The first-order valence-corrected chi connectivity index (χ1v) is 15.9. The average Bonchev–Trinajstić information content (AvgIpc) is 3.28. The van der Waals surface area contributed by atoms with Gasteiger partial charge >= 0.3 is 5.97 Å². The van der Waals surface area contributed by atoms with Gasteiger partial charge in [0.15, 0.2) is 0 Å². The van der Waals surface area contributed by atoms with Gasteiger partial charge in [-0.05, 0) is 143 Å². The molecular weight excluding hydrogens is 532 g/mol. The number of carbonyl (C=O) groups is 1. The molecule has 1 aliphatic carbocycles. The summed E-state index contributed by atoms with van der Waals surface area (Å²) >= 11 is 6.48. The highest BCUT2D eigenvalue weighted by atomic mass is 35.5. The lowest BCUT2D eigenvalue weighted by atomic mass is 9.77. The third-order valence-corrected chi connectivity index (χ3v) is 10.0. The van der Waals surface area contributed by atoms with E-state index in [-0.39, 0.29) is 0 Å². The van der Waals surface area contributed by atoms with Gasteiger partial charge in [0.25, 0.3) is 0 Å². The van der Waals surface area contributed by atoms with Gasteiger partial charge in [-0.1, -0.05) is 49.7 Å². The summed E-state index contributed by atoms with van der Waals surface area (Å²) in [5.41, 5.74) is 6.32. The van der Waals surface area contributed by atoms with Crippen molar-refractivity contribution in [2.45, 2.75) is 96.6 Å². The largest absolute Gasteiger partial charge is 0.480 e. The molecule has 226 valence electrons. The van der Waals surface area contributed by atoms with Gasteiger partial charge < -0.3 is 14.7 Å². The molecule has 6 heteroatoms. The van der Waals surface area contributed by atoms with E-state index >= 15 is 0 Å². The van der Waals surface area contributed by atoms with E-state index in [0.717, 1.165) is 68.7 Å². The first-order chi connectivity index (χ1) is 19.5. The molecule has 2 aliphatic rings. The SMILES string of the molecule is COC1CCC(c2c(C)cccc2[C@H](C(=O)O)N(C)CC[C@H](CCN2CCC(C)(C)C2)c2cc(Cl)ccc2C)CC1. The number of ether oxygens (including phenoxy) is 1. The highest BCUT2D eigenvalue weighted by molar-refractivity contribution is 6.30. The number of carboxylic acid groups (broad SMARTS) is 1. The fourth-order valence-electron chi connectivity index (χ4n) is 7.39. The normalized spacial score (nSPS) is 22.6. The molecule has 0 radical (unpaired) electrons. The molecule has 1 heterocycles. The first-order valence-electron chi connectivity index (χ1n) is 15.5. The van der Waals surface area contributed by atoms with Gasteiger partial charge in [0.2, 0.25) is 0 Å². The number of nitrogens with zero attached hydrogens (tertiary/aromatic N) is 2. The number of hydrogen-bond acceptors (Lipinski definition) is 4. The smallest absolute Gasteiger partial charge is 0.325 e. The van der Waals surface area contributed by atoms with Gasteiger partial charge in [-0.25, -0.2) is 0 Å². The van der Waals surface area contributed by atoms with Gasteiger partial charge in [0.1, 0.15) is 6.04 Å². The standard InChI is InChI=1S/C35H51ClN2O3/c1-24-10-13-28(36)22-31(24)26(17-20-38-21-18-35(3,4)23-38)16-19-37(5)33(34(39)40)30-9-7-8-25(2)32(30)27-11-14-29(41-6)15-12-27/h7-10,13,22,26-27,29,33H,11-12,14-21,23H2,1-6H3,(H,39,40)/t26-,27?,29?,33-/m1/s1. The molecule has 5 nitrogen and oxygen atoms in total. The second-order valence-electron chi connectivity index (χ2n) is 13.5. The molecule has 1 saturated carbocycles. The Bertz CT molecular complexity index is 1170. The van der Waals surface area contributed by atoms with Crippen LogP contribution >= 0.6 is 11.6 Å². The van der Waals surface area contributed by atoms with Crippen LogP contribution in [0.15, 0.2) is 36.4 Å². The lowest BCUT2D eigenvalue weighted by Crippen LogP contribution is -2.34. The van der Waals surface area contributed by atoms with Crippen molar-refractivity contribution in [1.82, 2.24) is 9.80 Å². The number of halogens is 1. The summed E-state index contributed by atoms with van der Waals surface area (Å²) in [6, 6.07) is 11.7. The van der Waals surface area contributed by atoms with Crippen molar-refractivity contribution >= 4 is 17.6 Å². The Balaban J connectivity index is 1.53. The second kappa shape index (κ2) is 14.0. The molecule has 2 atom stereocenters. The molecule has 0 spiro atoms. The summed E-state index contributed by atoms with van der Waals surface area (Å²) in [6.45, 7) is 13.1. The maximum atomic E-state index is 12.9. The molecule has 2 fully saturated rings. The molecular formula is C35H51ClN2O3.